The largest absolute Gasteiger partial charge is 0.241 e. The molecule has 0 saturated carbocycles. The normalized spacial score (nSPS) is 11.5. The van der Waals surface area contributed by atoms with Crippen molar-refractivity contribution in [1.82, 2.24) is 4.98 Å². The molecule has 0 fully saturated rings. The monoisotopic (exact) mass is 273 g/mol. The molecule has 1 aromatic carbocycles. The lowest BCUT2D eigenvalue weighted by Gasteiger charge is -1.94. The molecule has 0 radical (unpaired) electrons. The molecule has 1 nitrogen and oxygen atoms in total. The number of nitrogens with zero attached hydrogens (tertiary/aromatic N) is 1. The van der Waals surface area contributed by atoms with Crippen LogP contribution < -0.4 is 0 Å². The van der Waals surface area contributed by atoms with E-state index in [1.54, 1.807) is 0 Å². The van der Waals surface area contributed by atoms with Gasteiger partial charge in [-0.1, -0.05) is 29.8 Å². The van der Waals surface area contributed by atoms with Crippen LogP contribution in [0.2, 0.25) is 0 Å². The van der Waals surface area contributed by atoms with Gasteiger partial charge in [-0.05, 0) is 12.1 Å². The molecule has 4 heteroatoms. The van der Waals surface area contributed by atoms with Gasteiger partial charge in [0.05, 0.1) is 15.2 Å². The summed E-state index contributed by atoms with van der Waals surface area (Å²) in [5.41, 5.74) is 0.741. The maximum absolute atomic E-state index is 13.5. The maximum atomic E-state index is 13.5. The summed E-state index contributed by atoms with van der Waals surface area (Å²) >= 11 is 4.69. The molecule has 0 aliphatic carbocycles. The van der Waals surface area contributed by atoms with Gasteiger partial charge in [0.25, 0.3) is 0 Å². The molecule has 2 rings (SSSR count). The fourth-order valence-corrected chi connectivity index (χ4v) is 2.60. The third kappa shape index (κ3) is 1.68. The number of halogens is 2. The number of hydrogen-bond acceptors (Lipinski definition) is 2. The molecule has 1 heterocycles. The molecular weight excluding hydrogens is 265 g/mol. The summed E-state index contributed by atoms with van der Waals surface area (Å²) < 4.78 is 14.9. The third-order valence-electron chi connectivity index (χ3n) is 1.92. The van der Waals surface area contributed by atoms with Crippen molar-refractivity contribution in [3.8, 4) is 0 Å². The van der Waals surface area contributed by atoms with Crippen molar-refractivity contribution < 1.29 is 4.39 Å². The Labute approximate surface area is 94.1 Å². The Balaban J connectivity index is 2.70. The van der Waals surface area contributed by atoms with E-state index in [1.807, 2.05) is 6.07 Å². The Morgan fingerprint density at radius 3 is 2.79 bits per heavy atom. The standard InChI is InChI=1S/C10H9BrFNS/c1-5(2)10-13-8-4-6(11)3-7(12)9(8)14-10/h3-5H,1-2H3. The van der Waals surface area contributed by atoms with Gasteiger partial charge in [-0.2, -0.15) is 0 Å². The summed E-state index contributed by atoms with van der Waals surface area (Å²) in [6, 6.07) is 3.32. The summed E-state index contributed by atoms with van der Waals surface area (Å²) in [5, 5.41) is 0.983. The molecule has 0 saturated heterocycles. The van der Waals surface area contributed by atoms with Crippen LogP contribution >= 0.6 is 27.3 Å². The first-order valence-electron chi connectivity index (χ1n) is 4.33. The summed E-state index contributed by atoms with van der Waals surface area (Å²) in [6.07, 6.45) is 0. The van der Waals surface area contributed by atoms with Crippen molar-refractivity contribution in [2.75, 3.05) is 0 Å². The van der Waals surface area contributed by atoms with Crippen molar-refractivity contribution in [2.45, 2.75) is 19.8 Å². The summed E-state index contributed by atoms with van der Waals surface area (Å²) in [5.74, 6) is 0.157. The van der Waals surface area contributed by atoms with E-state index < -0.39 is 0 Å². The van der Waals surface area contributed by atoms with Crippen LogP contribution in [0.3, 0.4) is 0 Å². The van der Waals surface area contributed by atoms with E-state index in [0.29, 0.717) is 10.6 Å². The number of rotatable bonds is 1. The van der Waals surface area contributed by atoms with Gasteiger partial charge in [0.1, 0.15) is 5.82 Å². The maximum Gasteiger partial charge on any atom is 0.143 e. The van der Waals surface area contributed by atoms with Crippen molar-refractivity contribution in [3.63, 3.8) is 0 Å². The van der Waals surface area contributed by atoms with Gasteiger partial charge in [-0.3, -0.25) is 0 Å². The first-order valence-corrected chi connectivity index (χ1v) is 5.94. The molecule has 0 atom stereocenters. The minimum Gasteiger partial charge on any atom is -0.241 e. The highest BCUT2D eigenvalue weighted by atomic mass is 79.9. The number of fused-ring (bicyclic) bond motifs is 1. The molecular formula is C10H9BrFNS. The molecule has 2 aromatic rings. The minimum atomic E-state index is -0.196. The van der Waals surface area contributed by atoms with Gasteiger partial charge in [-0.15, -0.1) is 11.3 Å². The second kappa shape index (κ2) is 3.59. The SMILES string of the molecule is CC(C)c1nc2cc(Br)cc(F)c2s1. The molecule has 0 bridgehead atoms. The summed E-state index contributed by atoms with van der Waals surface area (Å²) in [6.45, 7) is 4.12. The predicted molar refractivity (Wildman–Crippen MR) is 61.4 cm³/mol. The summed E-state index contributed by atoms with van der Waals surface area (Å²) in [4.78, 5) is 4.38. The summed E-state index contributed by atoms with van der Waals surface area (Å²) in [7, 11) is 0. The van der Waals surface area contributed by atoms with E-state index in [9.17, 15) is 4.39 Å². The molecule has 0 aliphatic rings. The van der Waals surface area contributed by atoms with Crippen LogP contribution in [0.15, 0.2) is 16.6 Å². The van der Waals surface area contributed by atoms with Crippen LogP contribution in [0.5, 0.6) is 0 Å². The third-order valence-corrected chi connectivity index (χ3v) is 3.76. The lowest BCUT2D eigenvalue weighted by molar-refractivity contribution is 0.641. The quantitative estimate of drug-likeness (QED) is 0.754. The molecule has 0 aliphatic heterocycles. The first-order chi connectivity index (χ1) is 6.58. The Morgan fingerprint density at radius 2 is 2.14 bits per heavy atom. The lowest BCUT2D eigenvalue weighted by Crippen LogP contribution is -1.83. The van der Waals surface area contributed by atoms with Gasteiger partial charge in [0, 0.05) is 10.4 Å². The van der Waals surface area contributed by atoms with Crippen LogP contribution in [0.1, 0.15) is 24.8 Å². The number of hydrogen-bond donors (Lipinski definition) is 0. The molecule has 0 unspecified atom stereocenters. The highest BCUT2D eigenvalue weighted by Crippen LogP contribution is 2.31. The van der Waals surface area contributed by atoms with E-state index in [4.69, 9.17) is 0 Å². The smallest absolute Gasteiger partial charge is 0.143 e. The molecule has 14 heavy (non-hydrogen) atoms. The zero-order valence-electron chi connectivity index (χ0n) is 7.84. The fraction of sp³-hybridized carbons (Fsp3) is 0.300. The Hall–Kier alpha value is -0.480. The van der Waals surface area contributed by atoms with Crippen LogP contribution in [-0.4, -0.2) is 4.98 Å². The lowest BCUT2D eigenvalue weighted by atomic mass is 10.2. The van der Waals surface area contributed by atoms with E-state index >= 15 is 0 Å². The van der Waals surface area contributed by atoms with E-state index in [1.165, 1.54) is 17.4 Å². The highest BCUT2D eigenvalue weighted by molar-refractivity contribution is 9.10. The minimum absolute atomic E-state index is 0.196. The van der Waals surface area contributed by atoms with E-state index in [0.717, 1.165) is 15.0 Å². The molecule has 1 aromatic heterocycles. The van der Waals surface area contributed by atoms with Crippen LogP contribution in [0.4, 0.5) is 4.39 Å². The van der Waals surface area contributed by atoms with Crippen molar-refractivity contribution >= 4 is 37.5 Å². The number of benzene rings is 1. The van der Waals surface area contributed by atoms with E-state index in [-0.39, 0.29) is 5.82 Å². The number of aromatic nitrogens is 1. The average Bonchev–Trinajstić information content (AvgIpc) is 2.47. The Bertz CT molecular complexity index is 478. The van der Waals surface area contributed by atoms with E-state index in [2.05, 4.69) is 34.8 Å². The fourth-order valence-electron chi connectivity index (χ4n) is 1.22. The topological polar surface area (TPSA) is 12.9 Å². The number of thiazole rings is 1. The van der Waals surface area contributed by atoms with Crippen LogP contribution in [0, 0.1) is 5.82 Å². The molecule has 74 valence electrons. The first kappa shape index (κ1) is 10.1. The average molecular weight is 274 g/mol. The van der Waals surface area contributed by atoms with Gasteiger partial charge in [0.15, 0.2) is 0 Å². The molecule has 0 spiro atoms. The van der Waals surface area contributed by atoms with Crippen molar-refractivity contribution in [2.24, 2.45) is 0 Å². The Morgan fingerprint density at radius 1 is 1.43 bits per heavy atom. The highest BCUT2D eigenvalue weighted by Gasteiger charge is 2.11. The van der Waals surface area contributed by atoms with Gasteiger partial charge >= 0.3 is 0 Å². The zero-order chi connectivity index (χ0) is 10.3. The van der Waals surface area contributed by atoms with Gasteiger partial charge < -0.3 is 0 Å². The second-order valence-corrected chi connectivity index (χ2v) is 5.39. The Kier molecular flexibility index (Phi) is 2.58. The second-order valence-electron chi connectivity index (χ2n) is 3.44. The molecule has 0 amide bonds. The van der Waals surface area contributed by atoms with Crippen molar-refractivity contribution in [3.05, 3.63) is 27.4 Å². The van der Waals surface area contributed by atoms with Crippen LogP contribution in [0.25, 0.3) is 10.2 Å². The predicted octanol–water partition coefficient (Wildman–Crippen LogP) is 4.32. The van der Waals surface area contributed by atoms with Gasteiger partial charge in [0.2, 0.25) is 0 Å². The van der Waals surface area contributed by atoms with Crippen molar-refractivity contribution in [1.29, 1.82) is 0 Å². The molecule has 0 N–H and O–H groups in total. The van der Waals surface area contributed by atoms with Gasteiger partial charge in [-0.25, -0.2) is 9.37 Å². The van der Waals surface area contributed by atoms with Crippen LogP contribution in [-0.2, 0) is 0 Å². The zero-order valence-corrected chi connectivity index (χ0v) is 10.2.